The number of hydrogen-bond donors (Lipinski definition) is 1. The predicted octanol–water partition coefficient (Wildman–Crippen LogP) is 6.72. The Balaban J connectivity index is 1.46. The van der Waals surface area contributed by atoms with Crippen LogP contribution in [0.5, 0.6) is 23.3 Å². The second-order valence-corrected chi connectivity index (χ2v) is 12.1. The van der Waals surface area contributed by atoms with Crippen LogP contribution < -0.4 is 23.8 Å². The van der Waals surface area contributed by atoms with Crippen molar-refractivity contribution in [3.05, 3.63) is 101 Å². The Bertz CT molecular complexity index is 1690. The molecule has 5 rings (SSSR count). The van der Waals surface area contributed by atoms with Crippen LogP contribution in [-0.2, 0) is 13.1 Å². The molecule has 0 saturated carbocycles. The second-order valence-electron chi connectivity index (χ2n) is 12.1. The SMILES string of the molecule is CCCCOc1nc(N(Cc2ccc(OC)cc2)Cc2ccc(OC)cc2)c2ncc(C(O)c3ccc(OCCCN(CC)CC)cc3)n2n1. The lowest BCUT2D eigenvalue weighted by Gasteiger charge is -2.25. The van der Waals surface area contributed by atoms with Gasteiger partial charge in [0.15, 0.2) is 11.5 Å². The van der Waals surface area contributed by atoms with Gasteiger partial charge in [0.25, 0.3) is 0 Å². The zero-order valence-corrected chi connectivity index (χ0v) is 29.9. The Morgan fingerprint density at radius 1 is 0.740 bits per heavy atom. The molecule has 0 amide bonds. The monoisotopic (exact) mass is 682 g/mol. The standard InChI is InChI=1S/C39H50N6O5/c1-6-9-24-50-39-41-38(44(27-29-11-17-32(47-4)18-12-29)28-30-13-19-33(48-5)20-14-30)37-40-26-35(45(37)42-39)36(46)31-15-21-34(22-16-31)49-25-10-23-43(7-2)8-3/h11-22,26,36,46H,6-10,23-25,27-28H2,1-5H3. The third kappa shape index (κ3) is 9.42. The molecule has 5 aromatic rings. The van der Waals surface area contributed by atoms with E-state index in [4.69, 9.17) is 34.0 Å². The van der Waals surface area contributed by atoms with Gasteiger partial charge in [-0.1, -0.05) is 63.6 Å². The van der Waals surface area contributed by atoms with Crippen LogP contribution in [0.15, 0.2) is 79.0 Å². The summed E-state index contributed by atoms with van der Waals surface area (Å²) in [6.45, 7) is 11.7. The molecule has 2 aromatic heterocycles. The summed E-state index contributed by atoms with van der Waals surface area (Å²) in [6, 6.07) is 23.7. The van der Waals surface area contributed by atoms with Crippen molar-refractivity contribution in [2.24, 2.45) is 0 Å². The molecule has 0 aliphatic rings. The van der Waals surface area contributed by atoms with Crippen LogP contribution in [0.25, 0.3) is 5.65 Å². The number of nitrogens with zero attached hydrogens (tertiary/aromatic N) is 6. The maximum absolute atomic E-state index is 11.7. The van der Waals surface area contributed by atoms with Crippen LogP contribution in [0.1, 0.15) is 68.5 Å². The molecule has 0 spiro atoms. The van der Waals surface area contributed by atoms with Gasteiger partial charge in [-0.3, -0.25) is 0 Å². The molecule has 0 radical (unpaired) electrons. The minimum Gasteiger partial charge on any atom is -0.497 e. The van der Waals surface area contributed by atoms with Crippen molar-refractivity contribution >= 4 is 11.5 Å². The van der Waals surface area contributed by atoms with Gasteiger partial charge >= 0.3 is 6.01 Å². The molecule has 1 atom stereocenters. The first-order valence-electron chi connectivity index (χ1n) is 17.5. The lowest BCUT2D eigenvalue weighted by Crippen LogP contribution is -2.25. The average Bonchev–Trinajstić information content (AvgIpc) is 3.59. The molecule has 50 heavy (non-hydrogen) atoms. The first-order valence-corrected chi connectivity index (χ1v) is 17.5. The number of hydrogen-bond acceptors (Lipinski definition) is 10. The van der Waals surface area contributed by atoms with Crippen LogP contribution >= 0.6 is 0 Å². The van der Waals surface area contributed by atoms with Crippen LogP contribution in [0.3, 0.4) is 0 Å². The van der Waals surface area contributed by atoms with Gasteiger partial charge in [0.2, 0.25) is 0 Å². The van der Waals surface area contributed by atoms with Crippen molar-refractivity contribution in [2.75, 3.05) is 52.0 Å². The summed E-state index contributed by atoms with van der Waals surface area (Å²) in [7, 11) is 3.31. The second kappa shape index (κ2) is 18.2. The molecule has 2 heterocycles. The van der Waals surface area contributed by atoms with E-state index < -0.39 is 6.10 Å². The number of aliphatic hydroxyl groups excluding tert-OH is 1. The molecule has 1 N–H and O–H groups in total. The molecular weight excluding hydrogens is 632 g/mol. The number of aromatic nitrogens is 4. The van der Waals surface area contributed by atoms with Crippen molar-refractivity contribution in [1.82, 2.24) is 24.5 Å². The smallest absolute Gasteiger partial charge is 0.336 e. The third-order valence-corrected chi connectivity index (χ3v) is 8.70. The normalized spacial score (nSPS) is 11.9. The number of unbranched alkanes of at least 4 members (excludes halogenated alkanes) is 1. The highest BCUT2D eigenvalue weighted by molar-refractivity contribution is 5.65. The molecule has 11 heteroatoms. The lowest BCUT2D eigenvalue weighted by atomic mass is 10.1. The van der Waals surface area contributed by atoms with Gasteiger partial charge < -0.3 is 33.9 Å². The minimum absolute atomic E-state index is 0.218. The summed E-state index contributed by atoms with van der Waals surface area (Å²) in [5.74, 6) is 2.93. The van der Waals surface area contributed by atoms with E-state index in [9.17, 15) is 5.11 Å². The number of imidazole rings is 1. The molecule has 0 bridgehead atoms. The maximum atomic E-state index is 11.7. The van der Waals surface area contributed by atoms with Crippen LogP contribution in [0, 0.1) is 0 Å². The van der Waals surface area contributed by atoms with E-state index in [0.29, 0.717) is 49.0 Å². The number of fused-ring (bicyclic) bond motifs is 1. The molecular formula is C39H50N6O5. The van der Waals surface area contributed by atoms with E-state index in [-0.39, 0.29) is 6.01 Å². The summed E-state index contributed by atoms with van der Waals surface area (Å²) < 4.78 is 24.5. The first kappa shape index (κ1) is 36.4. The van der Waals surface area contributed by atoms with Crippen molar-refractivity contribution in [1.29, 1.82) is 0 Å². The van der Waals surface area contributed by atoms with E-state index in [1.807, 2.05) is 72.8 Å². The Labute approximate surface area is 295 Å². The van der Waals surface area contributed by atoms with E-state index in [1.54, 1.807) is 24.9 Å². The Hall–Kier alpha value is -4.87. The van der Waals surface area contributed by atoms with Crippen molar-refractivity contribution in [3.63, 3.8) is 0 Å². The van der Waals surface area contributed by atoms with Crippen molar-refractivity contribution in [2.45, 2.75) is 59.2 Å². The third-order valence-electron chi connectivity index (χ3n) is 8.70. The van der Waals surface area contributed by atoms with Crippen molar-refractivity contribution < 1.29 is 24.1 Å². The van der Waals surface area contributed by atoms with Gasteiger partial charge in [0.05, 0.1) is 39.3 Å². The number of ether oxygens (including phenoxy) is 4. The fourth-order valence-corrected chi connectivity index (χ4v) is 5.68. The summed E-state index contributed by atoms with van der Waals surface area (Å²) in [5.41, 5.74) is 3.84. The van der Waals surface area contributed by atoms with Crippen LogP contribution in [-0.4, -0.2) is 76.7 Å². The van der Waals surface area contributed by atoms with Gasteiger partial charge in [0, 0.05) is 19.6 Å². The lowest BCUT2D eigenvalue weighted by molar-refractivity contribution is 0.211. The molecule has 0 aliphatic carbocycles. The molecule has 0 fully saturated rings. The predicted molar refractivity (Wildman–Crippen MR) is 195 cm³/mol. The molecule has 0 saturated heterocycles. The van der Waals surface area contributed by atoms with Crippen LogP contribution in [0.4, 0.5) is 5.82 Å². The largest absolute Gasteiger partial charge is 0.497 e. The Morgan fingerprint density at radius 3 is 1.88 bits per heavy atom. The first-order chi connectivity index (χ1) is 24.5. The molecule has 0 aliphatic heterocycles. The van der Waals surface area contributed by atoms with Gasteiger partial charge in [-0.05, 0) is 79.0 Å². The summed E-state index contributed by atoms with van der Waals surface area (Å²) >= 11 is 0. The number of benzene rings is 3. The molecule has 11 nitrogen and oxygen atoms in total. The highest BCUT2D eigenvalue weighted by Crippen LogP contribution is 2.30. The number of anilines is 1. The molecule has 3 aromatic carbocycles. The molecule has 266 valence electrons. The number of rotatable bonds is 20. The van der Waals surface area contributed by atoms with E-state index in [1.165, 1.54) is 0 Å². The summed E-state index contributed by atoms with van der Waals surface area (Å²) in [5, 5.41) is 16.4. The summed E-state index contributed by atoms with van der Waals surface area (Å²) in [6.07, 6.45) is 3.45. The Morgan fingerprint density at radius 2 is 1.32 bits per heavy atom. The van der Waals surface area contributed by atoms with Crippen LogP contribution in [0.2, 0.25) is 0 Å². The highest BCUT2D eigenvalue weighted by atomic mass is 16.5. The highest BCUT2D eigenvalue weighted by Gasteiger charge is 2.24. The van der Waals surface area contributed by atoms with E-state index >= 15 is 0 Å². The maximum Gasteiger partial charge on any atom is 0.336 e. The fourth-order valence-electron chi connectivity index (χ4n) is 5.68. The quantitative estimate of drug-likeness (QED) is 0.0890. The number of methoxy groups -OCH3 is 2. The topological polar surface area (TPSA) is 107 Å². The zero-order chi connectivity index (χ0) is 35.3. The fraction of sp³-hybridized carbons (Fsp3) is 0.410. The minimum atomic E-state index is -0.996. The molecule has 1 unspecified atom stereocenters. The summed E-state index contributed by atoms with van der Waals surface area (Å²) in [4.78, 5) is 14.2. The van der Waals surface area contributed by atoms with Gasteiger partial charge in [-0.25, -0.2) is 9.50 Å². The van der Waals surface area contributed by atoms with Crippen molar-refractivity contribution in [3.8, 4) is 23.3 Å². The van der Waals surface area contributed by atoms with E-state index in [2.05, 4.69) is 30.6 Å². The zero-order valence-electron chi connectivity index (χ0n) is 29.9. The number of aliphatic hydroxyl groups is 1. The average molecular weight is 683 g/mol. The Kier molecular flexibility index (Phi) is 13.3. The van der Waals surface area contributed by atoms with Gasteiger partial charge in [0.1, 0.15) is 23.4 Å². The van der Waals surface area contributed by atoms with Gasteiger partial charge in [-0.2, -0.15) is 4.98 Å². The van der Waals surface area contributed by atoms with Gasteiger partial charge in [-0.15, -0.1) is 5.10 Å². The van der Waals surface area contributed by atoms with E-state index in [0.717, 1.165) is 67.3 Å².